The van der Waals surface area contributed by atoms with Gasteiger partial charge in [-0.05, 0) is 36.5 Å². The summed E-state index contributed by atoms with van der Waals surface area (Å²) in [6, 6.07) is 3.66. The summed E-state index contributed by atoms with van der Waals surface area (Å²) in [6.07, 6.45) is 5.34. The van der Waals surface area contributed by atoms with E-state index in [1.807, 2.05) is 6.07 Å². The second-order valence-corrected chi connectivity index (χ2v) is 6.17. The van der Waals surface area contributed by atoms with Crippen LogP contribution in [-0.2, 0) is 5.54 Å². The molecular formula is C15H22ClNO. The fourth-order valence-electron chi connectivity index (χ4n) is 2.87. The molecule has 0 spiro atoms. The predicted molar refractivity (Wildman–Crippen MR) is 76.2 cm³/mol. The SMILES string of the molecule is CC(C)c1cc(O)c(C2(N)CCCCC2)cc1Cl. The molecule has 100 valence electrons. The molecule has 1 fully saturated rings. The Bertz CT molecular complexity index is 436. The maximum absolute atomic E-state index is 10.2. The van der Waals surface area contributed by atoms with Gasteiger partial charge in [0.15, 0.2) is 0 Å². The molecule has 18 heavy (non-hydrogen) atoms. The van der Waals surface area contributed by atoms with Crippen molar-refractivity contribution >= 4 is 11.6 Å². The summed E-state index contributed by atoms with van der Waals surface area (Å²) in [5.74, 6) is 0.602. The first-order chi connectivity index (χ1) is 8.44. The molecule has 0 aliphatic heterocycles. The summed E-state index contributed by atoms with van der Waals surface area (Å²) in [7, 11) is 0. The summed E-state index contributed by atoms with van der Waals surface area (Å²) in [4.78, 5) is 0. The zero-order valence-electron chi connectivity index (χ0n) is 11.2. The van der Waals surface area contributed by atoms with Gasteiger partial charge in [0.25, 0.3) is 0 Å². The molecule has 1 aromatic carbocycles. The second kappa shape index (κ2) is 5.10. The van der Waals surface area contributed by atoms with Crippen LogP contribution in [0.4, 0.5) is 0 Å². The largest absolute Gasteiger partial charge is 0.508 e. The Morgan fingerprint density at radius 2 is 1.83 bits per heavy atom. The number of phenolic OH excluding ortho intramolecular Hbond substituents is 1. The van der Waals surface area contributed by atoms with Crippen molar-refractivity contribution in [1.82, 2.24) is 0 Å². The average molecular weight is 268 g/mol. The Labute approximate surface area is 114 Å². The zero-order chi connectivity index (χ0) is 13.3. The quantitative estimate of drug-likeness (QED) is 0.840. The van der Waals surface area contributed by atoms with Crippen molar-refractivity contribution in [1.29, 1.82) is 0 Å². The van der Waals surface area contributed by atoms with Gasteiger partial charge in [-0.1, -0.05) is 44.7 Å². The van der Waals surface area contributed by atoms with Crippen LogP contribution in [0.2, 0.25) is 5.02 Å². The summed E-state index contributed by atoms with van der Waals surface area (Å²) >= 11 is 6.31. The van der Waals surface area contributed by atoms with Crippen LogP contribution in [0.1, 0.15) is 63.0 Å². The molecule has 1 aromatic rings. The van der Waals surface area contributed by atoms with Crippen molar-refractivity contribution < 1.29 is 5.11 Å². The fraction of sp³-hybridized carbons (Fsp3) is 0.600. The number of rotatable bonds is 2. The molecule has 0 bridgehead atoms. The molecule has 0 heterocycles. The lowest BCUT2D eigenvalue weighted by molar-refractivity contribution is 0.292. The van der Waals surface area contributed by atoms with E-state index in [1.165, 1.54) is 6.42 Å². The van der Waals surface area contributed by atoms with Crippen molar-refractivity contribution in [2.75, 3.05) is 0 Å². The summed E-state index contributed by atoms with van der Waals surface area (Å²) in [6.45, 7) is 4.14. The van der Waals surface area contributed by atoms with Gasteiger partial charge in [0, 0.05) is 16.1 Å². The van der Waals surface area contributed by atoms with Crippen LogP contribution in [0.3, 0.4) is 0 Å². The fourth-order valence-corrected chi connectivity index (χ4v) is 3.25. The third-order valence-electron chi connectivity index (χ3n) is 4.02. The number of hydrogen-bond donors (Lipinski definition) is 2. The maximum Gasteiger partial charge on any atom is 0.121 e. The van der Waals surface area contributed by atoms with Crippen molar-refractivity contribution in [3.05, 3.63) is 28.3 Å². The first kappa shape index (κ1) is 13.7. The molecule has 3 heteroatoms. The van der Waals surface area contributed by atoms with Gasteiger partial charge in [0.2, 0.25) is 0 Å². The predicted octanol–water partition coefficient (Wildman–Crippen LogP) is 4.29. The van der Waals surface area contributed by atoms with E-state index in [2.05, 4.69) is 13.8 Å². The van der Waals surface area contributed by atoms with E-state index in [4.69, 9.17) is 17.3 Å². The zero-order valence-corrected chi connectivity index (χ0v) is 11.9. The molecular weight excluding hydrogens is 246 g/mol. The number of halogens is 1. The van der Waals surface area contributed by atoms with Crippen LogP contribution in [0.5, 0.6) is 5.75 Å². The van der Waals surface area contributed by atoms with Crippen LogP contribution in [-0.4, -0.2) is 5.11 Å². The minimum atomic E-state index is -0.401. The Morgan fingerprint density at radius 3 is 2.39 bits per heavy atom. The monoisotopic (exact) mass is 267 g/mol. The third-order valence-corrected chi connectivity index (χ3v) is 4.35. The molecule has 1 aliphatic rings. The molecule has 3 N–H and O–H groups in total. The number of benzene rings is 1. The average Bonchev–Trinajstić information content (AvgIpc) is 2.32. The van der Waals surface area contributed by atoms with Gasteiger partial charge in [0.1, 0.15) is 5.75 Å². The van der Waals surface area contributed by atoms with Crippen LogP contribution in [0.25, 0.3) is 0 Å². The normalized spacial score (nSPS) is 19.2. The molecule has 0 aromatic heterocycles. The first-order valence-electron chi connectivity index (χ1n) is 6.76. The standard InChI is InChI=1S/C15H22ClNO/c1-10(2)11-8-14(18)12(9-13(11)16)15(17)6-4-3-5-7-15/h8-10,18H,3-7,17H2,1-2H3. The molecule has 0 saturated heterocycles. The lowest BCUT2D eigenvalue weighted by Crippen LogP contribution is -2.38. The molecule has 2 nitrogen and oxygen atoms in total. The van der Waals surface area contributed by atoms with E-state index >= 15 is 0 Å². The highest BCUT2D eigenvalue weighted by Crippen LogP contribution is 2.42. The molecule has 1 aliphatic carbocycles. The van der Waals surface area contributed by atoms with Crippen LogP contribution >= 0.6 is 11.6 Å². The van der Waals surface area contributed by atoms with Crippen molar-refractivity contribution in [2.45, 2.75) is 57.4 Å². The molecule has 0 amide bonds. The van der Waals surface area contributed by atoms with E-state index in [0.29, 0.717) is 16.7 Å². The Kier molecular flexibility index (Phi) is 3.88. The Hall–Kier alpha value is -0.730. The lowest BCUT2D eigenvalue weighted by Gasteiger charge is -2.34. The van der Waals surface area contributed by atoms with E-state index in [-0.39, 0.29) is 0 Å². The topological polar surface area (TPSA) is 46.2 Å². The maximum atomic E-state index is 10.2. The van der Waals surface area contributed by atoms with Crippen LogP contribution in [0, 0.1) is 0 Å². The molecule has 0 unspecified atom stereocenters. The molecule has 0 atom stereocenters. The first-order valence-corrected chi connectivity index (χ1v) is 7.13. The van der Waals surface area contributed by atoms with E-state index in [0.717, 1.165) is 36.8 Å². The highest BCUT2D eigenvalue weighted by atomic mass is 35.5. The molecule has 1 saturated carbocycles. The number of phenols is 1. The van der Waals surface area contributed by atoms with Gasteiger partial charge >= 0.3 is 0 Å². The van der Waals surface area contributed by atoms with Gasteiger partial charge < -0.3 is 10.8 Å². The third kappa shape index (κ3) is 2.50. The number of aromatic hydroxyl groups is 1. The Balaban J connectivity index is 2.42. The van der Waals surface area contributed by atoms with Gasteiger partial charge in [0.05, 0.1) is 0 Å². The van der Waals surface area contributed by atoms with Gasteiger partial charge in [-0.3, -0.25) is 0 Å². The lowest BCUT2D eigenvalue weighted by atomic mass is 9.76. The molecule has 0 radical (unpaired) electrons. The smallest absolute Gasteiger partial charge is 0.121 e. The second-order valence-electron chi connectivity index (χ2n) is 5.76. The van der Waals surface area contributed by atoms with E-state index < -0.39 is 5.54 Å². The Morgan fingerprint density at radius 1 is 1.22 bits per heavy atom. The van der Waals surface area contributed by atoms with Crippen molar-refractivity contribution in [3.8, 4) is 5.75 Å². The minimum absolute atomic E-state index is 0.299. The minimum Gasteiger partial charge on any atom is -0.508 e. The van der Waals surface area contributed by atoms with Crippen molar-refractivity contribution in [3.63, 3.8) is 0 Å². The van der Waals surface area contributed by atoms with E-state index in [1.54, 1.807) is 6.07 Å². The van der Waals surface area contributed by atoms with Crippen LogP contribution < -0.4 is 5.73 Å². The van der Waals surface area contributed by atoms with Crippen molar-refractivity contribution in [2.24, 2.45) is 5.73 Å². The summed E-state index contributed by atoms with van der Waals surface area (Å²) in [5.41, 5.74) is 7.86. The summed E-state index contributed by atoms with van der Waals surface area (Å²) in [5, 5.41) is 11.0. The highest BCUT2D eigenvalue weighted by Gasteiger charge is 2.32. The highest BCUT2D eigenvalue weighted by molar-refractivity contribution is 6.31. The van der Waals surface area contributed by atoms with Gasteiger partial charge in [-0.2, -0.15) is 0 Å². The van der Waals surface area contributed by atoms with Gasteiger partial charge in [-0.25, -0.2) is 0 Å². The molecule has 2 rings (SSSR count). The van der Waals surface area contributed by atoms with E-state index in [9.17, 15) is 5.11 Å². The number of nitrogens with two attached hydrogens (primary N) is 1. The van der Waals surface area contributed by atoms with Crippen LogP contribution in [0.15, 0.2) is 12.1 Å². The number of hydrogen-bond acceptors (Lipinski definition) is 2. The summed E-state index contributed by atoms with van der Waals surface area (Å²) < 4.78 is 0. The van der Waals surface area contributed by atoms with Gasteiger partial charge in [-0.15, -0.1) is 0 Å².